The maximum Gasteiger partial charge on any atom is 0.276 e. The number of H-pyrrole nitrogens is 1. The number of para-hydroxylation sites is 1. The van der Waals surface area contributed by atoms with Gasteiger partial charge in [0.05, 0.1) is 0 Å². The van der Waals surface area contributed by atoms with E-state index in [1.54, 1.807) is 11.0 Å². The zero-order valence-electron chi connectivity index (χ0n) is 10.1. The molecule has 1 amide bonds. The minimum atomic E-state index is -0.0864. The number of anilines is 2. The van der Waals surface area contributed by atoms with Gasteiger partial charge in [0, 0.05) is 17.8 Å². The lowest BCUT2D eigenvalue weighted by molar-refractivity contribution is 0.0976. The molecule has 0 fully saturated rings. The Kier molecular flexibility index (Phi) is 2.33. The average molecular weight is 242 g/mol. The zero-order valence-corrected chi connectivity index (χ0v) is 10.1. The number of nitrogens with two attached hydrogens (primary N) is 1. The highest BCUT2D eigenvalue weighted by atomic mass is 16.2. The molecule has 92 valence electrons. The lowest BCUT2D eigenvalue weighted by Gasteiger charge is -2.21. The third-order valence-corrected chi connectivity index (χ3v) is 3.25. The summed E-state index contributed by atoms with van der Waals surface area (Å²) in [6, 6.07) is 9.68. The summed E-state index contributed by atoms with van der Waals surface area (Å²) >= 11 is 0. The van der Waals surface area contributed by atoms with Crippen molar-refractivity contribution in [3.05, 3.63) is 41.6 Å². The first kappa shape index (κ1) is 10.8. The fourth-order valence-corrected chi connectivity index (χ4v) is 2.45. The molecule has 2 heterocycles. The Bertz CT molecular complexity index is 605. The van der Waals surface area contributed by atoms with Crippen molar-refractivity contribution in [1.29, 1.82) is 0 Å². The molecule has 1 atom stereocenters. The number of nitrogen functional groups attached to an aromatic ring is 1. The van der Waals surface area contributed by atoms with E-state index in [1.807, 2.05) is 25.1 Å². The summed E-state index contributed by atoms with van der Waals surface area (Å²) in [5, 5.41) is 6.46. The third-order valence-electron chi connectivity index (χ3n) is 3.25. The van der Waals surface area contributed by atoms with E-state index in [2.05, 4.69) is 16.3 Å². The van der Waals surface area contributed by atoms with Crippen LogP contribution in [0.1, 0.15) is 23.0 Å². The van der Waals surface area contributed by atoms with E-state index in [1.165, 1.54) is 5.56 Å². The highest BCUT2D eigenvalue weighted by Gasteiger charge is 2.31. The molecule has 0 saturated heterocycles. The molecule has 1 aromatic carbocycles. The van der Waals surface area contributed by atoms with Gasteiger partial charge in [0.25, 0.3) is 5.91 Å². The van der Waals surface area contributed by atoms with Crippen LogP contribution in [-0.2, 0) is 6.42 Å². The first-order valence-corrected chi connectivity index (χ1v) is 5.89. The van der Waals surface area contributed by atoms with Crippen LogP contribution in [0.5, 0.6) is 0 Å². The summed E-state index contributed by atoms with van der Waals surface area (Å²) in [6.07, 6.45) is 0.880. The number of amides is 1. The van der Waals surface area contributed by atoms with Crippen molar-refractivity contribution in [2.45, 2.75) is 19.4 Å². The van der Waals surface area contributed by atoms with Crippen molar-refractivity contribution in [3.63, 3.8) is 0 Å². The van der Waals surface area contributed by atoms with Crippen LogP contribution in [0.25, 0.3) is 0 Å². The lowest BCUT2D eigenvalue weighted by atomic mass is 10.1. The van der Waals surface area contributed by atoms with Crippen LogP contribution in [0, 0.1) is 0 Å². The van der Waals surface area contributed by atoms with Crippen molar-refractivity contribution in [3.8, 4) is 0 Å². The van der Waals surface area contributed by atoms with Gasteiger partial charge in [-0.1, -0.05) is 18.2 Å². The molecule has 3 rings (SSSR count). The third kappa shape index (κ3) is 1.55. The minimum Gasteiger partial charge on any atom is -0.382 e. The summed E-state index contributed by atoms with van der Waals surface area (Å²) in [4.78, 5) is 14.2. The molecule has 0 spiro atoms. The van der Waals surface area contributed by atoms with Gasteiger partial charge in [-0.05, 0) is 25.0 Å². The van der Waals surface area contributed by atoms with Gasteiger partial charge in [0.15, 0.2) is 0 Å². The van der Waals surface area contributed by atoms with Crippen molar-refractivity contribution < 1.29 is 4.79 Å². The fourth-order valence-electron chi connectivity index (χ4n) is 2.45. The number of aromatic nitrogens is 2. The van der Waals surface area contributed by atoms with E-state index in [0.29, 0.717) is 11.5 Å². The molecule has 0 radical (unpaired) electrons. The number of fused-ring (bicyclic) bond motifs is 1. The van der Waals surface area contributed by atoms with Crippen LogP contribution < -0.4 is 10.6 Å². The average Bonchev–Trinajstić information content (AvgIpc) is 2.91. The van der Waals surface area contributed by atoms with Crippen LogP contribution in [0.4, 0.5) is 11.5 Å². The zero-order chi connectivity index (χ0) is 12.7. The standard InChI is InChI=1S/C13H14N4O/c1-8-6-9-4-2-3-5-11(9)17(8)13(18)10-7-12(14)16-15-10/h2-5,7-8H,6H2,1H3,(H3,14,15,16)/t8-/m1/s1. The Balaban J connectivity index is 2.00. The smallest absolute Gasteiger partial charge is 0.276 e. The molecular formula is C13H14N4O. The molecule has 5 heteroatoms. The van der Waals surface area contributed by atoms with Crippen LogP contribution in [-0.4, -0.2) is 22.1 Å². The molecule has 2 aromatic rings. The second-order valence-corrected chi connectivity index (χ2v) is 4.56. The summed E-state index contributed by atoms with van der Waals surface area (Å²) in [5.41, 5.74) is 8.13. The molecule has 0 bridgehead atoms. The van der Waals surface area contributed by atoms with Crippen LogP contribution in [0.3, 0.4) is 0 Å². The Morgan fingerprint density at radius 2 is 2.28 bits per heavy atom. The highest BCUT2D eigenvalue weighted by Crippen LogP contribution is 2.32. The molecule has 5 nitrogen and oxygen atoms in total. The number of benzene rings is 1. The summed E-state index contributed by atoms with van der Waals surface area (Å²) in [7, 11) is 0. The van der Waals surface area contributed by atoms with Crippen LogP contribution >= 0.6 is 0 Å². The SMILES string of the molecule is C[C@@H]1Cc2ccccc2N1C(=O)c1cc(N)n[nH]1. The van der Waals surface area contributed by atoms with E-state index >= 15 is 0 Å². The van der Waals surface area contributed by atoms with E-state index in [0.717, 1.165) is 12.1 Å². The molecule has 1 aromatic heterocycles. The number of hydrogen-bond donors (Lipinski definition) is 2. The van der Waals surface area contributed by atoms with Crippen LogP contribution in [0.15, 0.2) is 30.3 Å². The van der Waals surface area contributed by atoms with Crippen molar-refractivity contribution in [1.82, 2.24) is 10.2 Å². The molecule has 18 heavy (non-hydrogen) atoms. The van der Waals surface area contributed by atoms with E-state index in [-0.39, 0.29) is 11.9 Å². The molecule has 0 unspecified atom stereocenters. The normalized spacial score (nSPS) is 17.8. The van der Waals surface area contributed by atoms with Gasteiger partial charge in [-0.3, -0.25) is 9.89 Å². The maximum atomic E-state index is 12.4. The first-order chi connectivity index (χ1) is 8.66. The number of aromatic amines is 1. The molecule has 1 aliphatic heterocycles. The first-order valence-electron chi connectivity index (χ1n) is 5.89. The van der Waals surface area contributed by atoms with Gasteiger partial charge in [0.2, 0.25) is 0 Å². The van der Waals surface area contributed by atoms with Crippen molar-refractivity contribution in [2.75, 3.05) is 10.6 Å². The summed E-state index contributed by atoms with van der Waals surface area (Å²) < 4.78 is 0. The van der Waals surface area contributed by atoms with Gasteiger partial charge in [-0.25, -0.2) is 0 Å². The number of rotatable bonds is 1. The number of carbonyl (C=O) groups is 1. The van der Waals surface area contributed by atoms with E-state index < -0.39 is 0 Å². The maximum absolute atomic E-state index is 12.4. The number of nitrogens with zero attached hydrogens (tertiary/aromatic N) is 2. The molecular weight excluding hydrogens is 228 g/mol. The van der Waals surface area contributed by atoms with Gasteiger partial charge >= 0.3 is 0 Å². The summed E-state index contributed by atoms with van der Waals surface area (Å²) in [5.74, 6) is 0.245. The van der Waals surface area contributed by atoms with Gasteiger partial charge in [0.1, 0.15) is 11.5 Å². The van der Waals surface area contributed by atoms with E-state index in [9.17, 15) is 4.79 Å². The predicted octanol–water partition coefficient (Wildman–Crippen LogP) is 1.58. The Labute approximate surface area is 105 Å². The fraction of sp³-hybridized carbons (Fsp3) is 0.231. The number of hydrogen-bond acceptors (Lipinski definition) is 3. The van der Waals surface area contributed by atoms with Gasteiger partial charge < -0.3 is 10.6 Å². The predicted molar refractivity (Wildman–Crippen MR) is 69.4 cm³/mol. The van der Waals surface area contributed by atoms with Crippen LogP contribution in [0.2, 0.25) is 0 Å². The Morgan fingerprint density at radius 3 is 3.00 bits per heavy atom. The molecule has 0 saturated carbocycles. The highest BCUT2D eigenvalue weighted by molar-refractivity contribution is 6.06. The van der Waals surface area contributed by atoms with Gasteiger partial charge in [-0.15, -0.1) is 0 Å². The number of nitrogens with one attached hydrogen (secondary N) is 1. The quantitative estimate of drug-likeness (QED) is 0.797. The Morgan fingerprint density at radius 1 is 1.50 bits per heavy atom. The Hall–Kier alpha value is -2.30. The second kappa shape index (κ2) is 3.87. The summed E-state index contributed by atoms with van der Waals surface area (Å²) in [6.45, 7) is 2.04. The topological polar surface area (TPSA) is 75.0 Å². The number of carbonyl (C=O) groups excluding carboxylic acids is 1. The van der Waals surface area contributed by atoms with Crippen molar-refractivity contribution >= 4 is 17.4 Å². The minimum absolute atomic E-state index is 0.0864. The molecule has 1 aliphatic rings. The van der Waals surface area contributed by atoms with E-state index in [4.69, 9.17) is 5.73 Å². The van der Waals surface area contributed by atoms with Gasteiger partial charge in [-0.2, -0.15) is 5.10 Å². The largest absolute Gasteiger partial charge is 0.382 e. The monoisotopic (exact) mass is 242 g/mol. The van der Waals surface area contributed by atoms with Crippen molar-refractivity contribution in [2.24, 2.45) is 0 Å². The second-order valence-electron chi connectivity index (χ2n) is 4.56. The lowest BCUT2D eigenvalue weighted by Crippen LogP contribution is -2.35. The molecule has 0 aliphatic carbocycles. The molecule has 3 N–H and O–H groups in total.